The quantitative estimate of drug-likeness (QED) is 0.334. The Bertz CT molecular complexity index is 2050. The Kier molecular flexibility index (Phi) is 11.0. The van der Waals surface area contributed by atoms with Gasteiger partial charge in [-0.3, -0.25) is 19.1 Å². The molecule has 15 nitrogen and oxygen atoms in total. The van der Waals surface area contributed by atoms with Gasteiger partial charge in [0, 0.05) is 24.3 Å². The van der Waals surface area contributed by atoms with Crippen LogP contribution in [0.3, 0.4) is 0 Å². The molecule has 3 N–H and O–H groups in total. The molecule has 5 aliphatic rings. The maximum Gasteiger partial charge on any atom is 0.408 e. The van der Waals surface area contributed by atoms with Crippen LogP contribution in [0.2, 0.25) is 0 Å². The zero-order chi connectivity index (χ0) is 40.9. The highest BCUT2D eigenvalue weighted by Gasteiger charge is 2.55. The molecule has 7 rings (SSSR count). The first kappa shape index (κ1) is 40.7. The van der Waals surface area contributed by atoms with E-state index in [4.69, 9.17) is 24.2 Å². The van der Waals surface area contributed by atoms with Crippen LogP contribution < -0.4 is 24.8 Å². The highest BCUT2D eigenvalue weighted by Crippen LogP contribution is 2.50. The predicted molar refractivity (Wildman–Crippen MR) is 211 cm³/mol. The van der Waals surface area contributed by atoms with Crippen molar-refractivity contribution in [2.75, 3.05) is 13.7 Å². The molecule has 0 radical (unpaired) electrons. The number of rotatable bonds is 7. The monoisotopic (exact) mass is 808 g/mol. The van der Waals surface area contributed by atoms with Gasteiger partial charge in [0.15, 0.2) is 0 Å². The first-order valence-electron chi connectivity index (χ1n) is 20.3. The van der Waals surface area contributed by atoms with Crippen LogP contribution in [-0.2, 0) is 35.6 Å². The largest absolute Gasteiger partial charge is 0.497 e. The van der Waals surface area contributed by atoms with Crippen molar-refractivity contribution in [2.45, 2.75) is 139 Å². The highest BCUT2D eigenvalue weighted by atomic mass is 32.2. The van der Waals surface area contributed by atoms with Crippen LogP contribution in [0.1, 0.15) is 104 Å². The average Bonchev–Trinajstić information content (AvgIpc) is 4.02. The zero-order valence-electron chi connectivity index (χ0n) is 33.6. The number of nitrogens with one attached hydrogen (secondary N) is 3. The van der Waals surface area contributed by atoms with Crippen LogP contribution in [-0.4, -0.2) is 95.3 Å². The molecule has 3 saturated carbocycles. The molecule has 2 unspecified atom stereocenters. The minimum Gasteiger partial charge on any atom is -0.497 e. The third-order valence-corrected chi connectivity index (χ3v) is 14.3. The number of sulfonamides is 1. The van der Waals surface area contributed by atoms with Gasteiger partial charge >= 0.3 is 6.09 Å². The summed E-state index contributed by atoms with van der Waals surface area (Å²) < 4.78 is 46.2. The van der Waals surface area contributed by atoms with Crippen LogP contribution in [0.4, 0.5) is 4.79 Å². The number of carbonyl (C=O) groups is 4. The van der Waals surface area contributed by atoms with Gasteiger partial charge in [-0.05, 0) is 82.3 Å². The van der Waals surface area contributed by atoms with Crippen molar-refractivity contribution >= 4 is 44.9 Å². The maximum atomic E-state index is 14.8. The number of fused-ring (bicyclic) bond motifs is 5. The Hall–Kier alpha value is -4.47. The molecule has 7 atom stereocenters. The molecule has 2 bridgehead atoms. The molecular formula is C41H56N6O9S. The summed E-state index contributed by atoms with van der Waals surface area (Å²) >= 11 is 0. The van der Waals surface area contributed by atoms with Gasteiger partial charge in [-0.25, -0.2) is 23.2 Å². The van der Waals surface area contributed by atoms with Gasteiger partial charge in [-0.1, -0.05) is 39.7 Å². The van der Waals surface area contributed by atoms with E-state index in [1.807, 2.05) is 39.8 Å². The number of alkyl carbamates (subject to hydrolysis) is 1. The number of carbonyl (C=O) groups excluding carboxylic acids is 4. The number of nitrogens with zero attached hydrogens (tertiary/aromatic N) is 3. The van der Waals surface area contributed by atoms with Crippen LogP contribution >= 0.6 is 0 Å². The molecule has 3 aliphatic carbocycles. The first-order valence-corrected chi connectivity index (χ1v) is 21.8. The van der Waals surface area contributed by atoms with Gasteiger partial charge < -0.3 is 29.7 Å². The number of hydrogen-bond acceptors (Lipinski definition) is 11. The van der Waals surface area contributed by atoms with Gasteiger partial charge in [0.1, 0.15) is 40.8 Å². The van der Waals surface area contributed by atoms with Crippen molar-refractivity contribution in [3.8, 4) is 11.6 Å². The number of hydrogen-bond donors (Lipinski definition) is 3. The smallest absolute Gasteiger partial charge is 0.408 e. The number of aryl methyl sites for hydroxylation is 1. The molecule has 310 valence electrons. The molecule has 16 heteroatoms. The van der Waals surface area contributed by atoms with E-state index in [0.29, 0.717) is 60.5 Å². The molecule has 1 aromatic heterocycles. The normalized spacial score (nSPS) is 31.0. The third kappa shape index (κ3) is 8.42. The first-order chi connectivity index (χ1) is 27.0. The topological polar surface area (TPSA) is 195 Å². The lowest BCUT2D eigenvalue weighted by molar-refractivity contribution is -0.144. The molecular weight excluding hydrogens is 753 g/mol. The summed E-state index contributed by atoms with van der Waals surface area (Å²) in [5.74, 6) is -1.46. The van der Waals surface area contributed by atoms with E-state index < -0.39 is 79.7 Å². The van der Waals surface area contributed by atoms with Crippen LogP contribution in [0.5, 0.6) is 11.6 Å². The van der Waals surface area contributed by atoms with Crippen molar-refractivity contribution in [1.29, 1.82) is 0 Å². The molecule has 4 amide bonds. The van der Waals surface area contributed by atoms with E-state index in [1.54, 1.807) is 19.3 Å². The Balaban J connectivity index is 1.25. The van der Waals surface area contributed by atoms with E-state index in [0.717, 1.165) is 32.1 Å². The molecule has 1 aromatic carbocycles. The van der Waals surface area contributed by atoms with E-state index in [1.165, 1.54) is 4.90 Å². The van der Waals surface area contributed by atoms with Crippen LogP contribution in [0.25, 0.3) is 11.0 Å². The van der Waals surface area contributed by atoms with Crippen molar-refractivity contribution in [3.05, 3.63) is 36.5 Å². The van der Waals surface area contributed by atoms with E-state index in [9.17, 15) is 27.6 Å². The second-order valence-electron chi connectivity index (χ2n) is 17.8. The summed E-state index contributed by atoms with van der Waals surface area (Å²) in [6, 6.07) is 3.18. The highest BCUT2D eigenvalue weighted by molar-refractivity contribution is 7.91. The number of benzene rings is 1. The Morgan fingerprint density at radius 3 is 2.54 bits per heavy atom. The molecule has 0 spiro atoms. The fourth-order valence-electron chi connectivity index (χ4n) is 8.80. The van der Waals surface area contributed by atoms with Gasteiger partial charge in [0.2, 0.25) is 27.7 Å². The number of ether oxygens (including phenoxy) is 3. The Morgan fingerprint density at radius 1 is 1.07 bits per heavy atom. The molecule has 57 heavy (non-hydrogen) atoms. The van der Waals surface area contributed by atoms with Crippen LogP contribution in [0, 0.1) is 17.3 Å². The summed E-state index contributed by atoms with van der Waals surface area (Å²) in [5.41, 5.74) is -1.17. The average molecular weight is 809 g/mol. The third-order valence-electron chi connectivity index (χ3n) is 12.5. The zero-order valence-corrected chi connectivity index (χ0v) is 34.4. The molecule has 4 fully saturated rings. The summed E-state index contributed by atoms with van der Waals surface area (Å²) in [6.45, 7) is 11.2. The molecule has 2 aliphatic heterocycles. The van der Waals surface area contributed by atoms with Gasteiger partial charge in [-0.15, -0.1) is 6.58 Å². The lowest BCUT2D eigenvalue weighted by Gasteiger charge is -2.37. The fourth-order valence-corrected chi connectivity index (χ4v) is 10.2. The standard InChI is InChI=1S/C41H56N6O9S/c1-7-24-13-11-19-41(24,37(50)46-57(52,53)28-16-17-28)45-34(48)32-21-27-23-47(32)36(49)33(39(2,3)4)44-38(51)56-40(5)22-25(40)12-9-8-10-14-30-35(55-27)43-31-20-26(54-6)15-18-29(31)42-30/h7,15,18,20,24-25,27-28,32-33H,1,8-14,16-17,19,21-23H2,2-6H3,(H,44,51)(H,45,48)(H,46,50)/t24-,25-,27-,32?,33?,40+,41-/m1/s1. The number of aromatic nitrogens is 2. The minimum absolute atomic E-state index is 0.0206. The van der Waals surface area contributed by atoms with Gasteiger partial charge in [0.05, 0.1) is 29.9 Å². The van der Waals surface area contributed by atoms with Crippen molar-refractivity contribution < 1.29 is 41.8 Å². The maximum absolute atomic E-state index is 14.8. The van der Waals surface area contributed by atoms with Crippen molar-refractivity contribution in [2.24, 2.45) is 17.3 Å². The fraction of sp³-hybridized carbons (Fsp3) is 0.659. The summed E-state index contributed by atoms with van der Waals surface area (Å²) in [4.78, 5) is 68.2. The van der Waals surface area contributed by atoms with E-state index >= 15 is 0 Å². The SMILES string of the molecule is C=C[C@@H]1CCC[C@]1(NC(=O)C1C[C@@H]2CN1C(=O)C(C(C)(C)C)NC(=O)O[C@@]1(C)C[C@H]1CCCCCc1nc3ccc(OC)cc3nc1O2)C(=O)NS(=O)(=O)C1CC1. The summed E-state index contributed by atoms with van der Waals surface area (Å²) in [7, 11) is -2.37. The van der Waals surface area contributed by atoms with Crippen molar-refractivity contribution in [1.82, 2.24) is 30.2 Å². The van der Waals surface area contributed by atoms with E-state index in [-0.39, 0.29) is 25.3 Å². The Labute approximate surface area is 334 Å². The second kappa shape index (κ2) is 15.4. The van der Waals surface area contributed by atoms with E-state index in [2.05, 4.69) is 21.9 Å². The summed E-state index contributed by atoms with van der Waals surface area (Å²) in [6.07, 6.45) is 7.17. The second-order valence-corrected chi connectivity index (χ2v) is 19.8. The number of amides is 4. The Morgan fingerprint density at radius 2 is 1.84 bits per heavy atom. The van der Waals surface area contributed by atoms with Gasteiger partial charge in [0.25, 0.3) is 5.91 Å². The van der Waals surface area contributed by atoms with Gasteiger partial charge in [-0.2, -0.15) is 0 Å². The number of methoxy groups -OCH3 is 1. The molecule has 2 aromatic rings. The predicted octanol–water partition coefficient (Wildman–Crippen LogP) is 4.47. The minimum atomic E-state index is -3.94. The van der Waals surface area contributed by atoms with Crippen molar-refractivity contribution in [3.63, 3.8) is 0 Å². The molecule has 1 saturated heterocycles. The lowest BCUT2D eigenvalue weighted by Crippen LogP contribution is -2.65. The van der Waals surface area contributed by atoms with Crippen LogP contribution in [0.15, 0.2) is 30.9 Å². The lowest BCUT2D eigenvalue weighted by atomic mass is 9.85. The molecule has 3 heterocycles. The summed E-state index contributed by atoms with van der Waals surface area (Å²) in [5, 5.41) is 5.13.